The first kappa shape index (κ1) is 30.4. The zero-order valence-corrected chi connectivity index (χ0v) is 25.6. The second-order valence-electron chi connectivity index (χ2n) is 11.1. The fourth-order valence-electron chi connectivity index (χ4n) is 4.78. The van der Waals surface area contributed by atoms with Gasteiger partial charge in [0.2, 0.25) is 17.7 Å². The molecule has 2 amide bonds. The lowest BCUT2D eigenvalue weighted by atomic mass is 10.2. The number of nitrogens with zero attached hydrogens (tertiary/aromatic N) is 5. The quantitative estimate of drug-likeness (QED) is 0.349. The lowest BCUT2D eigenvalue weighted by Crippen LogP contribution is -2.48. The molecule has 2 aliphatic rings. The van der Waals surface area contributed by atoms with Crippen molar-refractivity contribution in [2.24, 2.45) is 0 Å². The minimum absolute atomic E-state index is 0.0406. The Balaban J connectivity index is 1.14. The van der Waals surface area contributed by atoms with Crippen molar-refractivity contribution in [3.63, 3.8) is 0 Å². The van der Waals surface area contributed by atoms with Crippen LogP contribution in [0.4, 0.5) is 23.0 Å². The smallest absolute Gasteiger partial charge is 0.306 e. The third-order valence-corrected chi connectivity index (χ3v) is 7.46. The maximum Gasteiger partial charge on any atom is 0.306 e. The molecule has 1 fully saturated rings. The highest BCUT2D eigenvalue weighted by Crippen LogP contribution is 2.37. The van der Waals surface area contributed by atoms with Crippen LogP contribution in [0.1, 0.15) is 44.0 Å². The molecule has 0 aliphatic carbocycles. The van der Waals surface area contributed by atoms with Crippen molar-refractivity contribution in [2.45, 2.75) is 39.2 Å². The fraction of sp³-hybridized carbons (Fsp3) is 0.367. The topological polar surface area (TPSA) is 117 Å². The van der Waals surface area contributed by atoms with E-state index in [9.17, 15) is 14.4 Å². The van der Waals surface area contributed by atoms with Crippen LogP contribution in [0, 0.1) is 0 Å². The third kappa shape index (κ3) is 7.29. The molecule has 0 spiro atoms. The Morgan fingerprint density at radius 2 is 1.67 bits per heavy atom. The number of carbonyl (C=O) groups excluding carboxylic acids is 3. The summed E-state index contributed by atoms with van der Waals surface area (Å²) in [4.78, 5) is 51.7. The number of anilines is 4. The maximum absolute atomic E-state index is 13.1. The molecule has 2 aromatic carbocycles. The Labute approximate surface area is 259 Å². The Hall–Kier alpha value is -4.09. The average Bonchev–Trinajstić information content (AvgIpc) is 2.96. The summed E-state index contributed by atoms with van der Waals surface area (Å²) >= 11 is 12.6. The number of ether oxygens (including phenoxy) is 2. The summed E-state index contributed by atoms with van der Waals surface area (Å²) < 4.78 is 11.1. The Kier molecular flexibility index (Phi) is 8.93. The van der Waals surface area contributed by atoms with Crippen molar-refractivity contribution >= 4 is 64.0 Å². The number of hydrogen-bond acceptors (Lipinski definition) is 9. The Bertz CT molecular complexity index is 1500. The highest BCUT2D eigenvalue weighted by Gasteiger charge is 2.31. The minimum atomic E-state index is -0.560. The molecule has 11 nitrogen and oxygen atoms in total. The predicted molar refractivity (Wildman–Crippen MR) is 164 cm³/mol. The number of aromatic nitrogens is 2. The molecule has 1 aromatic heterocycles. The molecule has 0 radical (unpaired) electrons. The lowest BCUT2D eigenvalue weighted by molar-refractivity contribution is -0.156. The molecule has 13 heteroatoms. The van der Waals surface area contributed by atoms with Gasteiger partial charge < -0.3 is 24.6 Å². The van der Waals surface area contributed by atoms with Gasteiger partial charge in [0.25, 0.3) is 5.91 Å². The van der Waals surface area contributed by atoms with Gasteiger partial charge in [0.15, 0.2) is 6.73 Å². The van der Waals surface area contributed by atoms with Crippen LogP contribution in [0.3, 0.4) is 0 Å². The summed E-state index contributed by atoms with van der Waals surface area (Å²) in [6, 6.07) is 12.8. The van der Waals surface area contributed by atoms with Crippen LogP contribution in [0.15, 0.2) is 48.7 Å². The Morgan fingerprint density at radius 3 is 2.33 bits per heavy atom. The molecule has 43 heavy (non-hydrogen) atoms. The standard InChI is InChI=1S/C30H32Cl2N6O5/c1-30(2,3)43-25(40)12-11-24(39)37-15-13-36(14-16-37)20-9-7-19(8-10-20)34-29-33-17-21-27(35-29)42-18-38(28(21)41)26-22(31)5-4-6-23(26)32/h4-10,17H,11-16,18H2,1-3H3,(H,33,34,35). The fourth-order valence-corrected chi connectivity index (χ4v) is 5.39. The first-order chi connectivity index (χ1) is 20.5. The molecular weight excluding hydrogens is 595 g/mol. The van der Waals surface area contributed by atoms with E-state index in [2.05, 4.69) is 20.2 Å². The van der Waals surface area contributed by atoms with Crippen LogP contribution >= 0.6 is 23.2 Å². The molecule has 226 valence electrons. The first-order valence-corrected chi connectivity index (χ1v) is 14.6. The van der Waals surface area contributed by atoms with Crippen molar-refractivity contribution in [3.8, 4) is 5.88 Å². The van der Waals surface area contributed by atoms with Crippen molar-refractivity contribution in [1.29, 1.82) is 0 Å². The molecule has 3 aromatic rings. The van der Waals surface area contributed by atoms with E-state index >= 15 is 0 Å². The number of amides is 2. The van der Waals surface area contributed by atoms with Gasteiger partial charge >= 0.3 is 5.97 Å². The summed E-state index contributed by atoms with van der Waals surface area (Å²) in [5.41, 5.74) is 1.78. The first-order valence-electron chi connectivity index (χ1n) is 13.9. The number of piperazine rings is 1. The monoisotopic (exact) mass is 626 g/mol. The second-order valence-corrected chi connectivity index (χ2v) is 11.9. The van der Waals surface area contributed by atoms with Gasteiger partial charge in [-0.1, -0.05) is 29.3 Å². The summed E-state index contributed by atoms with van der Waals surface area (Å²) in [7, 11) is 0. The van der Waals surface area contributed by atoms with E-state index in [0.29, 0.717) is 41.9 Å². The van der Waals surface area contributed by atoms with E-state index in [1.807, 2.05) is 45.0 Å². The highest BCUT2D eigenvalue weighted by atomic mass is 35.5. The molecule has 2 aliphatic heterocycles. The Morgan fingerprint density at radius 1 is 1.00 bits per heavy atom. The molecule has 5 rings (SSSR count). The number of esters is 1. The van der Waals surface area contributed by atoms with Crippen LogP contribution < -0.4 is 19.9 Å². The predicted octanol–water partition coefficient (Wildman–Crippen LogP) is 5.29. The number of para-hydroxylation sites is 1. The average molecular weight is 628 g/mol. The SMILES string of the molecule is CC(C)(C)OC(=O)CCC(=O)N1CCN(c2ccc(Nc3ncc4c(n3)OCN(c3c(Cl)cccc3Cl)C4=O)cc2)CC1. The van der Waals surface area contributed by atoms with Crippen molar-refractivity contribution < 1.29 is 23.9 Å². The largest absolute Gasteiger partial charge is 0.460 e. The molecule has 0 atom stereocenters. The molecule has 1 saturated heterocycles. The van der Waals surface area contributed by atoms with E-state index in [1.54, 1.807) is 23.1 Å². The number of nitrogens with one attached hydrogen (secondary N) is 1. The van der Waals surface area contributed by atoms with Gasteiger partial charge in [0, 0.05) is 50.2 Å². The number of hydrogen-bond donors (Lipinski definition) is 1. The summed E-state index contributed by atoms with van der Waals surface area (Å²) in [5, 5.41) is 3.81. The molecule has 0 unspecified atom stereocenters. The van der Waals surface area contributed by atoms with Crippen LogP contribution in [0.25, 0.3) is 0 Å². The van der Waals surface area contributed by atoms with E-state index in [4.69, 9.17) is 32.7 Å². The van der Waals surface area contributed by atoms with Gasteiger partial charge in [-0.15, -0.1) is 0 Å². The van der Waals surface area contributed by atoms with Crippen LogP contribution in [0.2, 0.25) is 10.0 Å². The summed E-state index contributed by atoms with van der Waals surface area (Å²) in [6.07, 6.45) is 1.64. The zero-order chi connectivity index (χ0) is 30.7. The van der Waals surface area contributed by atoms with Crippen molar-refractivity contribution in [1.82, 2.24) is 14.9 Å². The van der Waals surface area contributed by atoms with Gasteiger partial charge in [-0.05, 0) is 57.2 Å². The number of benzene rings is 2. The molecule has 3 heterocycles. The van der Waals surface area contributed by atoms with Gasteiger partial charge in [-0.2, -0.15) is 4.98 Å². The van der Waals surface area contributed by atoms with Crippen LogP contribution in [-0.2, 0) is 14.3 Å². The zero-order valence-electron chi connectivity index (χ0n) is 24.1. The molecule has 1 N–H and O–H groups in total. The number of carbonyl (C=O) groups is 3. The van der Waals surface area contributed by atoms with Crippen molar-refractivity contribution in [3.05, 3.63) is 64.3 Å². The van der Waals surface area contributed by atoms with E-state index in [0.717, 1.165) is 11.4 Å². The number of rotatable bonds is 7. The van der Waals surface area contributed by atoms with Crippen LogP contribution in [0.5, 0.6) is 5.88 Å². The van der Waals surface area contributed by atoms with E-state index < -0.39 is 5.60 Å². The van der Waals surface area contributed by atoms with Gasteiger partial charge in [-0.3, -0.25) is 19.3 Å². The molecule has 0 bridgehead atoms. The summed E-state index contributed by atoms with van der Waals surface area (Å²) in [6.45, 7) is 7.85. The second kappa shape index (κ2) is 12.6. The highest BCUT2D eigenvalue weighted by molar-refractivity contribution is 6.40. The number of halogens is 2. The van der Waals surface area contributed by atoms with Crippen LogP contribution in [-0.4, -0.2) is 71.2 Å². The molecule has 0 saturated carbocycles. The van der Waals surface area contributed by atoms with Gasteiger partial charge in [0.1, 0.15) is 11.2 Å². The summed E-state index contributed by atoms with van der Waals surface area (Å²) in [5.74, 6) is -0.322. The number of fused-ring (bicyclic) bond motifs is 1. The lowest BCUT2D eigenvalue weighted by Gasteiger charge is -2.36. The molecular formula is C30H32Cl2N6O5. The van der Waals surface area contributed by atoms with Crippen molar-refractivity contribution in [2.75, 3.05) is 48.0 Å². The minimum Gasteiger partial charge on any atom is -0.460 e. The van der Waals surface area contributed by atoms with Gasteiger partial charge in [0.05, 0.1) is 22.2 Å². The normalized spacial score (nSPS) is 15.1. The van der Waals surface area contributed by atoms with E-state index in [1.165, 1.54) is 11.1 Å². The maximum atomic E-state index is 13.1. The third-order valence-electron chi connectivity index (χ3n) is 6.85. The van der Waals surface area contributed by atoms with Gasteiger partial charge in [-0.25, -0.2) is 4.98 Å². The van der Waals surface area contributed by atoms with E-state index in [-0.39, 0.29) is 54.7 Å².